The summed E-state index contributed by atoms with van der Waals surface area (Å²) in [5.41, 5.74) is 0.437. The third-order valence-electron chi connectivity index (χ3n) is 3.61. The molecule has 5 nitrogen and oxygen atoms in total. The lowest BCUT2D eigenvalue weighted by Crippen LogP contribution is -2.29. The standard InChI is InChI=1S/C16H15F3O5S/c1-9-11(7-14(20)23-3)6-10-4-5-12(17)8-13(10)15(9)24-25(21,22)16(2,18)19/h4-6,8H,7H2,1-3H3. The van der Waals surface area contributed by atoms with Crippen molar-refractivity contribution in [2.75, 3.05) is 7.11 Å². The lowest BCUT2D eigenvalue weighted by atomic mass is 9.98. The van der Waals surface area contributed by atoms with Crippen LogP contribution in [0.2, 0.25) is 0 Å². The number of methoxy groups -OCH3 is 1. The van der Waals surface area contributed by atoms with Crippen LogP contribution in [-0.2, 0) is 26.1 Å². The maximum atomic E-state index is 13.6. The number of rotatable bonds is 5. The Morgan fingerprint density at radius 1 is 1.24 bits per heavy atom. The van der Waals surface area contributed by atoms with E-state index in [4.69, 9.17) is 0 Å². The molecule has 2 aromatic rings. The van der Waals surface area contributed by atoms with Crippen LogP contribution in [0.3, 0.4) is 0 Å². The van der Waals surface area contributed by atoms with Crippen LogP contribution in [0.25, 0.3) is 10.8 Å². The van der Waals surface area contributed by atoms with Crippen LogP contribution in [0.4, 0.5) is 13.2 Å². The van der Waals surface area contributed by atoms with E-state index in [0.717, 1.165) is 12.1 Å². The van der Waals surface area contributed by atoms with Crippen molar-refractivity contribution in [2.24, 2.45) is 0 Å². The number of hydrogen-bond acceptors (Lipinski definition) is 5. The number of carbonyl (C=O) groups excluding carboxylic acids is 1. The Balaban J connectivity index is 2.72. The molecule has 2 aromatic carbocycles. The maximum absolute atomic E-state index is 13.6. The fourth-order valence-electron chi connectivity index (χ4n) is 2.20. The smallest absolute Gasteiger partial charge is 0.377 e. The first-order valence-corrected chi connectivity index (χ1v) is 8.47. The van der Waals surface area contributed by atoms with Gasteiger partial charge in [-0.15, -0.1) is 0 Å². The molecule has 136 valence electrons. The molecular weight excluding hydrogens is 361 g/mol. The fourth-order valence-corrected chi connectivity index (χ4v) is 2.78. The fraction of sp³-hybridized carbons (Fsp3) is 0.312. The van der Waals surface area contributed by atoms with Crippen molar-refractivity contribution in [2.45, 2.75) is 25.5 Å². The lowest BCUT2D eigenvalue weighted by Gasteiger charge is -2.18. The van der Waals surface area contributed by atoms with Gasteiger partial charge in [0, 0.05) is 12.3 Å². The predicted molar refractivity (Wildman–Crippen MR) is 84.5 cm³/mol. The molecule has 0 saturated carbocycles. The Kier molecular flexibility index (Phi) is 4.99. The van der Waals surface area contributed by atoms with Crippen LogP contribution < -0.4 is 4.18 Å². The van der Waals surface area contributed by atoms with E-state index in [1.54, 1.807) is 0 Å². The lowest BCUT2D eigenvalue weighted by molar-refractivity contribution is -0.139. The average Bonchev–Trinajstić information content (AvgIpc) is 2.50. The summed E-state index contributed by atoms with van der Waals surface area (Å²) < 4.78 is 72.8. The molecular formula is C16H15F3O5S. The number of benzene rings is 2. The zero-order chi connectivity index (χ0) is 19.0. The quantitative estimate of drug-likeness (QED) is 0.591. The maximum Gasteiger partial charge on any atom is 0.377 e. The highest BCUT2D eigenvalue weighted by Gasteiger charge is 2.42. The molecule has 0 N–H and O–H groups in total. The number of alkyl halides is 2. The first kappa shape index (κ1) is 19.0. The topological polar surface area (TPSA) is 69.7 Å². The van der Waals surface area contributed by atoms with Gasteiger partial charge in [-0.05, 0) is 35.6 Å². The van der Waals surface area contributed by atoms with Gasteiger partial charge in [0.05, 0.1) is 13.5 Å². The minimum absolute atomic E-state index is 0.000981. The van der Waals surface area contributed by atoms with E-state index in [1.807, 2.05) is 0 Å². The molecule has 25 heavy (non-hydrogen) atoms. The number of carbonyl (C=O) groups is 1. The molecule has 0 aliphatic rings. The van der Waals surface area contributed by atoms with Gasteiger partial charge >= 0.3 is 21.3 Å². The number of fused-ring (bicyclic) bond motifs is 1. The highest BCUT2D eigenvalue weighted by atomic mass is 32.2. The minimum Gasteiger partial charge on any atom is -0.469 e. The molecule has 0 spiro atoms. The van der Waals surface area contributed by atoms with Gasteiger partial charge in [-0.2, -0.15) is 17.2 Å². The summed E-state index contributed by atoms with van der Waals surface area (Å²) >= 11 is 0. The van der Waals surface area contributed by atoms with Gasteiger partial charge in [-0.25, -0.2) is 4.39 Å². The highest BCUT2D eigenvalue weighted by molar-refractivity contribution is 7.88. The third-order valence-corrected chi connectivity index (χ3v) is 4.87. The molecule has 0 atom stereocenters. The van der Waals surface area contributed by atoms with Crippen LogP contribution in [0.5, 0.6) is 5.75 Å². The van der Waals surface area contributed by atoms with Gasteiger partial charge < -0.3 is 8.92 Å². The van der Waals surface area contributed by atoms with Crippen molar-refractivity contribution >= 4 is 26.9 Å². The van der Waals surface area contributed by atoms with Crippen molar-refractivity contribution in [3.63, 3.8) is 0 Å². The van der Waals surface area contributed by atoms with E-state index in [1.165, 1.54) is 26.2 Å². The second kappa shape index (κ2) is 6.55. The normalized spacial score (nSPS) is 12.2. The summed E-state index contributed by atoms with van der Waals surface area (Å²) in [6.07, 6.45) is -0.228. The van der Waals surface area contributed by atoms with Crippen molar-refractivity contribution in [1.82, 2.24) is 0 Å². The van der Waals surface area contributed by atoms with Crippen LogP contribution >= 0.6 is 0 Å². The van der Waals surface area contributed by atoms with Crippen molar-refractivity contribution in [3.8, 4) is 5.75 Å². The van der Waals surface area contributed by atoms with Crippen molar-refractivity contribution < 1.29 is 35.3 Å². The second-order valence-electron chi connectivity index (χ2n) is 5.45. The summed E-state index contributed by atoms with van der Waals surface area (Å²) in [6, 6.07) is 4.94. The molecule has 2 rings (SSSR count). The van der Waals surface area contributed by atoms with Gasteiger partial charge in [0.15, 0.2) is 5.75 Å². The number of hydrogen-bond donors (Lipinski definition) is 0. The van der Waals surface area contributed by atoms with Crippen molar-refractivity contribution in [1.29, 1.82) is 0 Å². The van der Waals surface area contributed by atoms with Crippen LogP contribution in [0.1, 0.15) is 18.1 Å². The summed E-state index contributed by atoms with van der Waals surface area (Å²) in [7, 11) is -4.13. The van der Waals surface area contributed by atoms with Crippen LogP contribution in [0.15, 0.2) is 24.3 Å². The monoisotopic (exact) mass is 376 g/mol. The molecule has 0 fully saturated rings. The van der Waals surface area contributed by atoms with E-state index >= 15 is 0 Å². The molecule has 9 heteroatoms. The largest absolute Gasteiger partial charge is 0.469 e. The predicted octanol–water partition coefficient (Wildman–Crippen LogP) is 3.32. The van der Waals surface area contributed by atoms with Crippen molar-refractivity contribution in [3.05, 3.63) is 41.2 Å². The number of ether oxygens (including phenoxy) is 1. The highest BCUT2D eigenvalue weighted by Crippen LogP contribution is 2.36. The minimum atomic E-state index is -5.30. The van der Waals surface area contributed by atoms with Gasteiger partial charge in [0.1, 0.15) is 5.82 Å². The van der Waals surface area contributed by atoms with Gasteiger partial charge in [-0.1, -0.05) is 12.1 Å². The molecule has 0 aliphatic heterocycles. The summed E-state index contributed by atoms with van der Waals surface area (Å²) in [4.78, 5) is 11.5. The molecule has 0 bridgehead atoms. The molecule has 0 aliphatic carbocycles. The third kappa shape index (κ3) is 3.87. The van der Waals surface area contributed by atoms with E-state index in [9.17, 15) is 26.4 Å². The van der Waals surface area contributed by atoms with E-state index in [-0.39, 0.29) is 24.3 Å². The first-order chi connectivity index (χ1) is 11.5. The molecule has 0 heterocycles. The molecule has 0 radical (unpaired) electrons. The zero-order valence-corrected chi connectivity index (χ0v) is 14.4. The Labute approximate surface area is 142 Å². The summed E-state index contributed by atoms with van der Waals surface area (Å²) in [5.74, 6) is -1.75. The van der Waals surface area contributed by atoms with Gasteiger partial charge in [-0.3, -0.25) is 4.79 Å². The SMILES string of the molecule is COC(=O)Cc1cc2ccc(F)cc2c(OS(=O)(=O)C(C)(F)F)c1C. The Morgan fingerprint density at radius 2 is 1.88 bits per heavy atom. The Morgan fingerprint density at radius 3 is 2.44 bits per heavy atom. The summed E-state index contributed by atoms with van der Waals surface area (Å²) in [5, 5.41) is -3.83. The number of esters is 1. The van der Waals surface area contributed by atoms with Crippen LogP contribution in [0, 0.1) is 12.7 Å². The van der Waals surface area contributed by atoms with Gasteiger partial charge in [0.2, 0.25) is 0 Å². The van der Waals surface area contributed by atoms with Gasteiger partial charge in [0.25, 0.3) is 0 Å². The van der Waals surface area contributed by atoms with Crippen LogP contribution in [-0.4, -0.2) is 26.8 Å². The second-order valence-corrected chi connectivity index (χ2v) is 7.25. The van der Waals surface area contributed by atoms with E-state index < -0.39 is 32.9 Å². The number of halogens is 3. The molecule has 0 unspecified atom stereocenters. The Bertz CT molecular complexity index is 933. The molecule has 0 saturated heterocycles. The zero-order valence-electron chi connectivity index (χ0n) is 13.6. The average molecular weight is 376 g/mol. The molecule has 0 aromatic heterocycles. The summed E-state index contributed by atoms with van der Waals surface area (Å²) in [6.45, 7) is 1.57. The molecule has 0 amide bonds. The van der Waals surface area contributed by atoms with E-state index in [2.05, 4.69) is 8.92 Å². The van der Waals surface area contributed by atoms with E-state index in [0.29, 0.717) is 10.9 Å². The Hall–Kier alpha value is -2.29. The first-order valence-electron chi connectivity index (χ1n) is 7.06.